The number of nitrogens with one attached hydrogen (secondary N) is 1. The van der Waals surface area contributed by atoms with Crippen molar-refractivity contribution in [3.8, 4) is 17.2 Å². The third-order valence-electron chi connectivity index (χ3n) is 6.04. The number of rotatable bonds is 4. The summed E-state index contributed by atoms with van der Waals surface area (Å²) in [4.78, 5) is 5.88. The van der Waals surface area contributed by atoms with Crippen LogP contribution in [0.4, 0.5) is 23.4 Å². The fourth-order valence-corrected chi connectivity index (χ4v) is 4.19. The second-order valence-corrected chi connectivity index (χ2v) is 8.51. The Bertz CT molecular complexity index is 1240. The molecule has 1 atom stereocenters. The maximum atomic E-state index is 14.1. The van der Waals surface area contributed by atoms with E-state index in [0.29, 0.717) is 37.0 Å². The van der Waals surface area contributed by atoms with Crippen LogP contribution in [0.3, 0.4) is 0 Å². The zero-order valence-corrected chi connectivity index (χ0v) is 18.1. The van der Waals surface area contributed by atoms with Crippen LogP contribution >= 0.6 is 0 Å². The molecule has 1 aliphatic rings. The van der Waals surface area contributed by atoms with Crippen LogP contribution in [0.25, 0.3) is 16.8 Å². The van der Waals surface area contributed by atoms with Crippen LogP contribution in [0.5, 0.6) is 0 Å². The van der Waals surface area contributed by atoms with Crippen molar-refractivity contribution < 1.29 is 17.6 Å². The zero-order chi connectivity index (χ0) is 23.4. The van der Waals surface area contributed by atoms with Crippen LogP contribution in [0, 0.1) is 29.9 Å². The third-order valence-corrected chi connectivity index (χ3v) is 6.04. The van der Waals surface area contributed by atoms with E-state index in [-0.39, 0.29) is 22.3 Å². The van der Waals surface area contributed by atoms with E-state index in [1.807, 2.05) is 24.9 Å². The van der Waals surface area contributed by atoms with Gasteiger partial charge in [0.15, 0.2) is 5.65 Å². The Morgan fingerprint density at radius 3 is 2.41 bits per heavy atom. The highest BCUT2D eigenvalue weighted by Gasteiger charge is 2.37. The van der Waals surface area contributed by atoms with Gasteiger partial charge in [0.2, 0.25) is 5.82 Å². The predicted molar refractivity (Wildman–Crippen MR) is 112 cm³/mol. The van der Waals surface area contributed by atoms with E-state index in [0.717, 1.165) is 24.6 Å². The number of hydrogen-bond acceptors (Lipinski definition) is 5. The largest absolute Gasteiger partial charge is 0.354 e. The van der Waals surface area contributed by atoms with Gasteiger partial charge in [-0.05, 0) is 50.6 Å². The minimum absolute atomic E-state index is 0.0183. The number of fused-ring (bicyclic) bond motifs is 1. The molecule has 6 nitrogen and oxygen atoms in total. The normalized spacial score (nSPS) is 19.0. The molecule has 3 aromatic rings. The molecule has 1 saturated heterocycles. The summed E-state index contributed by atoms with van der Waals surface area (Å²) in [7, 11) is 1.83. The molecule has 2 aromatic heterocycles. The second kappa shape index (κ2) is 7.45. The molecular weight excluding hydrogens is 424 g/mol. The number of aromatic nitrogens is 3. The quantitative estimate of drug-likeness (QED) is 0.610. The first-order valence-corrected chi connectivity index (χ1v) is 10.1. The molecule has 4 rings (SSSR count). The number of anilines is 1. The van der Waals surface area contributed by atoms with Gasteiger partial charge in [-0.2, -0.15) is 18.6 Å². The molecule has 168 valence electrons. The van der Waals surface area contributed by atoms with Crippen molar-refractivity contribution in [1.82, 2.24) is 19.9 Å². The first-order chi connectivity index (χ1) is 15.0. The van der Waals surface area contributed by atoms with Gasteiger partial charge in [-0.15, -0.1) is 5.10 Å². The molecule has 0 spiro atoms. The predicted octanol–water partition coefficient (Wildman–Crippen LogP) is 4.15. The average molecular weight is 446 g/mol. The molecule has 1 aromatic carbocycles. The summed E-state index contributed by atoms with van der Waals surface area (Å²) in [6.07, 6.45) is 0.743. The Morgan fingerprint density at radius 2 is 1.88 bits per heavy atom. The first-order valence-electron chi connectivity index (χ1n) is 10.1. The van der Waals surface area contributed by atoms with Gasteiger partial charge >= 0.3 is 5.92 Å². The van der Waals surface area contributed by atoms with Crippen molar-refractivity contribution in [3.63, 3.8) is 0 Å². The molecular formula is C22H22F4N6. The molecule has 0 radical (unpaired) electrons. The minimum atomic E-state index is -3.33. The van der Waals surface area contributed by atoms with Crippen molar-refractivity contribution in [3.05, 3.63) is 46.8 Å². The minimum Gasteiger partial charge on any atom is -0.354 e. The van der Waals surface area contributed by atoms with Gasteiger partial charge in [-0.3, -0.25) is 0 Å². The monoisotopic (exact) mass is 446 g/mol. The summed E-state index contributed by atoms with van der Waals surface area (Å²) in [5.41, 5.74) is 0.658. The molecule has 1 aliphatic heterocycles. The molecule has 1 fully saturated rings. The summed E-state index contributed by atoms with van der Waals surface area (Å²) in [6.45, 7) is 5.35. The Hall–Kier alpha value is -3.19. The van der Waals surface area contributed by atoms with Gasteiger partial charge in [0.05, 0.1) is 0 Å². The molecule has 3 heterocycles. The van der Waals surface area contributed by atoms with E-state index >= 15 is 0 Å². The molecule has 10 heteroatoms. The van der Waals surface area contributed by atoms with Crippen molar-refractivity contribution >= 4 is 11.5 Å². The molecule has 0 saturated carbocycles. The zero-order valence-electron chi connectivity index (χ0n) is 18.1. The lowest BCUT2D eigenvalue weighted by Crippen LogP contribution is -2.42. The lowest BCUT2D eigenvalue weighted by atomic mass is 9.97. The fourth-order valence-electron chi connectivity index (χ4n) is 4.19. The van der Waals surface area contributed by atoms with Crippen molar-refractivity contribution in [2.24, 2.45) is 0 Å². The highest BCUT2D eigenvalue weighted by molar-refractivity contribution is 5.85. The number of halogens is 4. The number of alkyl halides is 2. The van der Waals surface area contributed by atoms with Crippen molar-refractivity contribution in [2.45, 2.75) is 38.7 Å². The van der Waals surface area contributed by atoms with E-state index in [1.165, 1.54) is 4.52 Å². The first kappa shape index (κ1) is 22.0. The number of likely N-dealkylation sites (N-methyl/N-ethyl adjacent to an activating group) is 1. The van der Waals surface area contributed by atoms with E-state index in [4.69, 9.17) is 0 Å². The Balaban J connectivity index is 2.11. The Morgan fingerprint density at radius 1 is 1.22 bits per heavy atom. The SMILES string of the molecule is CN[C@@]1(C)CCN(c2c(-c3cc(F)cc(F)c3)c(C)c(C#N)c3nc(C(C)(F)F)nn23)C1. The van der Waals surface area contributed by atoms with Crippen LogP contribution in [-0.2, 0) is 5.92 Å². The van der Waals surface area contributed by atoms with Crippen LogP contribution in [0.2, 0.25) is 0 Å². The number of hydrogen-bond donors (Lipinski definition) is 1. The molecule has 0 unspecified atom stereocenters. The number of pyridine rings is 1. The highest BCUT2D eigenvalue weighted by atomic mass is 19.3. The maximum Gasteiger partial charge on any atom is 0.305 e. The maximum absolute atomic E-state index is 14.1. The molecule has 1 N–H and O–H groups in total. The van der Waals surface area contributed by atoms with Crippen LogP contribution < -0.4 is 10.2 Å². The highest BCUT2D eigenvalue weighted by Crippen LogP contribution is 2.40. The van der Waals surface area contributed by atoms with Gasteiger partial charge in [-0.1, -0.05) is 0 Å². The summed E-state index contributed by atoms with van der Waals surface area (Å²) >= 11 is 0. The molecule has 0 amide bonds. The summed E-state index contributed by atoms with van der Waals surface area (Å²) < 4.78 is 57.7. The lowest BCUT2D eigenvalue weighted by Gasteiger charge is -2.28. The topological polar surface area (TPSA) is 69.2 Å². The van der Waals surface area contributed by atoms with Gasteiger partial charge in [0.25, 0.3) is 0 Å². The molecule has 0 bridgehead atoms. The van der Waals surface area contributed by atoms with Gasteiger partial charge in [-0.25, -0.2) is 13.8 Å². The fraction of sp³-hybridized carbons (Fsp3) is 0.409. The molecule has 32 heavy (non-hydrogen) atoms. The van der Waals surface area contributed by atoms with E-state index in [9.17, 15) is 22.8 Å². The second-order valence-electron chi connectivity index (χ2n) is 8.51. The average Bonchev–Trinajstić information content (AvgIpc) is 3.31. The van der Waals surface area contributed by atoms with E-state index in [1.54, 1.807) is 6.92 Å². The van der Waals surface area contributed by atoms with E-state index in [2.05, 4.69) is 15.4 Å². The van der Waals surface area contributed by atoms with Gasteiger partial charge < -0.3 is 10.2 Å². The van der Waals surface area contributed by atoms with Gasteiger partial charge in [0.1, 0.15) is 29.1 Å². The lowest BCUT2D eigenvalue weighted by molar-refractivity contribution is 0.00801. The molecule has 0 aliphatic carbocycles. The van der Waals surface area contributed by atoms with Crippen LogP contribution in [0.15, 0.2) is 18.2 Å². The summed E-state index contributed by atoms with van der Waals surface area (Å²) in [5.74, 6) is -5.27. The van der Waals surface area contributed by atoms with Gasteiger partial charge in [0, 0.05) is 37.2 Å². The van der Waals surface area contributed by atoms with Crippen LogP contribution in [0.1, 0.15) is 37.2 Å². The van der Waals surface area contributed by atoms with E-state index < -0.39 is 23.4 Å². The Labute approximate surface area is 182 Å². The van der Waals surface area contributed by atoms with Crippen LogP contribution in [-0.4, -0.2) is 40.3 Å². The smallest absolute Gasteiger partial charge is 0.305 e. The summed E-state index contributed by atoms with van der Waals surface area (Å²) in [5, 5.41) is 17.1. The number of nitriles is 1. The van der Waals surface area contributed by atoms with Crippen molar-refractivity contribution in [2.75, 3.05) is 25.0 Å². The number of benzene rings is 1. The Kier molecular flexibility index (Phi) is 5.12. The van der Waals surface area contributed by atoms with Crippen molar-refractivity contribution in [1.29, 1.82) is 5.26 Å². The third kappa shape index (κ3) is 3.56. The summed E-state index contributed by atoms with van der Waals surface area (Å²) in [6, 6.07) is 5.06. The number of nitrogens with zero attached hydrogens (tertiary/aromatic N) is 5. The standard InChI is InChI=1S/C22H22F4N6/c1-12-16(10-27)18-29-20(22(3,25)26)30-32(18)19(31-6-5-21(2,11-31)28-4)17(12)13-7-14(23)9-15(24)8-13/h7-9,28H,5-6,11H2,1-4H3/t21-/m0/s1.